The Labute approximate surface area is 73.2 Å². The molecule has 1 rings (SSSR count). The second-order valence-electron chi connectivity index (χ2n) is 3.33. The zero-order chi connectivity index (χ0) is 9.30. The molecule has 0 heterocycles. The number of hydrazine groups is 3. The Morgan fingerprint density at radius 3 is 2.17 bits per heavy atom. The van der Waals surface area contributed by atoms with E-state index in [1.54, 1.807) is 19.0 Å². The molecular formula is C7H18N4O. The van der Waals surface area contributed by atoms with Crippen molar-refractivity contribution in [3.8, 4) is 0 Å². The summed E-state index contributed by atoms with van der Waals surface area (Å²) in [5.74, 6) is 5.62. The summed E-state index contributed by atoms with van der Waals surface area (Å²) in [7, 11) is 3.60. The molecule has 1 aliphatic rings. The van der Waals surface area contributed by atoms with Crippen LogP contribution in [0.5, 0.6) is 0 Å². The fraction of sp³-hybridized carbons (Fsp3) is 1.00. The van der Waals surface area contributed by atoms with Gasteiger partial charge < -0.3 is 5.11 Å². The van der Waals surface area contributed by atoms with E-state index >= 15 is 0 Å². The lowest BCUT2D eigenvalue weighted by atomic mass is 10.6. The van der Waals surface area contributed by atoms with Crippen molar-refractivity contribution in [2.45, 2.75) is 32.0 Å². The molecule has 1 saturated carbocycles. The topological polar surface area (TPSA) is 56.0 Å². The minimum Gasteiger partial charge on any atom is -0.377 e. The molecule has 0 spiro atoms. The van der Waals surface area contributed by atoms with E-state index in [2.05, 4.69) is 0 Å². The van der Waals surface area contributed by atoms with Crippen LogP contribution in [0.25, 0.3) is 0 Å². The Bertz CT molecular complexity index is 144. The lowest BCUT2D eigenvalue weighted by Gasteiger charge is -2.37. The summed E-state index contributed by atoms with van der Waals surface area (Å²) < 4.78 is 0. The lowest BCUT2D eigenvalue weighted by molar-refractivity contribution is -0.223. The Balaban J connectivity index is 2.52. The third-order valence-electron chi connectivity index (χ3n) is 2.06. The smallest absolute Gasteiger partial charge is 0.118 e. The standard InChI is InChI=1S/C7H18N4O/c1-6(12)9(2)11(10(3)8)7-4-5-7/h6-7,12H,4-5,8H2,1-3H3. The summed E-state index contributed by atoms with van der Waals surface area (Å²) in [4.78, 5) is 0. The van der Waals surface area contributed by atoms with Crippen LogP contribution in [-0.2, 0) is 0 Å². The lowest BCUT2D eigenvalue weighted by Crippen LogP contribution is -2.56. The maximum absolute atomic E-state index is 9.32. The number of aliphatic hydroxyl groups excluding tert-OH is 1. The van der Waals surface area contributed by atoms with Gasteiger partial charge in [0.15, 0.2) is 0 Å². The number of nitrogens with zero attached hydrogens (tertiary/aromatic N) is 3. The van der Waals surface area contributed by atoms with E-state index < -0.39 is 6.23 Å². The van der Waals surface area contributed by atoms with Gasteiger partial charge in [0.25, 0.3) is 0 Å². The highest BCUT2D eigenvalue weighted by molar-refractivity contribution is 4.80. The van der Waals surface area contributed by atoms with Gasteiger partial charge in [-0.05, 0) is 19.8 Å². The van der Waals surface area contributed by atoms with Crippen molar-refractivity contribution in [2.24, 2.45) is 5.84 Å². The maximum Gasteiger partial charge on any atom is 0.118 e. The van der Waals surface area contributed by atoms with Crippen LogP contribution in [-0.4, -0.2) is 46.7 Å². The van der Waals surface area contributed by atoms with E-state index in [0.717, 1.165) is 12.8 Å². The Hall–Kier alpha value is -0.200. The van der Waals surface area contributed by atoms with E-state index in [4.69, 9.17) is 5.84 Å². The first-order chi connectivity index (χ1) is 5.54. The molecule has 0 amide bonds. The van der Waals surface area contributed by atoms with Gasteiger partial charge in [-0.3, -0.25) is 5.84 Å². The zero-order valence-corrected chi connectivity index (χ0v) is 7.94. The van der Waals surface area contributed by atoms with E-state index in [1.165, 1.54) is 5.12 Å². The number of hydrogen-bond donors (Lipinski definition) is 2. The van der Waals surface area contributed by atoms with Crippen molar-refractivity contribution in [1.82, 2.24) is 15.2 Å². The number of rotatable bonds is 4. The van der Waals surface area contributed by atoms with Gasteiger partial charge >= 0.3 is 0 Å². The quantitative estimate of drug-likeness (QED) is 0.337. The van der Waals surface area contributed by atoms with Crippen molar-refractivity contribution >= 4 is 0 Å². The van der Waals surface area contributed by atoms with Crippen molar-refractivity contribution < 1.29 is 5.11 Å². The summed E-state index contributed by atoms with van der Waals surface area (Å²) in [6, 6.07) is 0.472. The highest BCUT2D eigenvalue weighted by Crippen LogP contribution is 2.28. The summed E-state index contributed by atoms with van der Waals surface area (Å²) in [5.41, 5.74) is 0. The predicted molar refractivity (Wildman–Crippen MR) is 46.3 cm³/mol. The average Bonchev–Trinajstić information content (AvgIpc) is 2.70. The van der Waals surface area contributed by atoms with Crippen molar-refractivity contribution in [3.05, 3.63) is 0 Å². The van der Waals surface area contributed by atoms with Gasteiger partial charge in [-0.15, -0.1) is 0 Å². The minimum absolute atomic E-state index is 0.472. The molecule has 0 bridgehead atoms. The van der Waals surface area contributed by atoms with Gasteiger partial charge in [0.1, 0.15) is 6.23 Å². The normalized spacial score (nSPS) is 21.0. The van der Waals surface area contributed by atoms with Gasteiger partial charge in [-0.1, -0.05) is 0 Å². The fourth-order valence-electron chi connectivity index (χ4n) is 1.21. The highest BCUT2D eigenvalue weighted by Gasteiger charge is 2.34. The summed E-state index contributed by atoms with van der Waals surface area (Å²) in [5, 5.41) is 14.5. The molecule has 5 heteroatoms. The van der Waals surface area contributed by atoms with Gasteiger partial charge in [0, 0.05) is 20.1 Å². The second kappa shape index (κ2) is 3.68. The molecule has 1 fully saturated rings. The molecule has 0 aromatic heterocycles. The van der Waals surface area contributed by atoms with E-state index in [9.17, 15) is 5.11 Å². The van der Waals surface area contributed by atoms with Gasteiger partial charge in [0.2, 0.25) is 0 Å². The molecule has 0 aromatic rings. The van der Waals surface area contributed by atoms with Crippen LogP contribution in [0.3, 0.4) is 0 Å². The van der Waals surface area contributed by atoms with Crippen molar-refractivity contribution in [1.29, 1.82) is 0 Å². The molecule has 0 saturated heterocycles. The highest BCUT2D eigenvalue weighted by atomic mass is 16.3. The summed E-state index contributed by atoms with van der Waals surface area (Å²) in [6.45, 7) is 1.72. The molecule has 5 nitrogen and oxygen atoms in total. The zero-order valence-electron chi connectivity index (χ0n) is 7.94. The van der Waals surface area contributed by atoms with Crippen LogP contribution in [0, 0.1) is 0 Å². The largest absolute Gasteiger partial charge is 0.377 e. The van der Waals surface area contributed by atoms with Crippen LogP contribution in [0.2, 0.25) is 0 Å². The monoisotopic (exact) mass is 174 g/mol. The molecule has 0 aliphatic heterocycles. The predicted octanol–water partition coefficient (Wildman–Crippen LogP) is -0.644. The molecule has 12 heavy (non-hydrogen) atoms. The minimum atomic E-state index is -0.503. The van der Waals surface area contributed by atoms with Crippen molar-refractivity contribution in [2.75, 3.05) is 14.1 Å². The molecule has 3 N–H and O–H groups in total. The second-order valence-corrected chi connectivity index (χ2v) is 3.33. The number of aliphatic hydroxyl groups is 1. The van der Waals surface area contributed by atoms with Crippen LogP contribution in [0.1, 0.15) is 19.8 Å². The first kappa shape index (κ1) is 9.88. The third kappa shape index (κ3) is 2.15. The Morgan fingerprint density at radius 1 is 1.42 bits per heavy atom. The van der Waals surface area contributed by atoms with Crippen LogP contribution < -0.4 is 5.84 Å². The van der Waals surface area contributed by atoms with Crippen LogP contribution in [0.15, 0.2) is 0 Å². The molecule has 72 valence electrons. The number of nitrogens with two attached hydrogens (primary N) is 1. The van der Waals surface area contributed by atoms with E-state index in [1.807, 2.05) is 12.2 Å². The van der Waals surface area contributed by atoms with E-state index in [-0.39, 0.29) is 0 Å². The first-order valence-corrected chi connectivity index (χ1v) is 4.22. The number of hydrogen-bond acceptors (Lipinski definition) is 5. The molecule has 0 radical (unpaired) electrons. The molecular weight excluding hydrogens is 156 g/mol. The third-order valence-corrected chi connectivity index (χ3v) is 2.06. The van der Waals surface area contributed by atoms with E-state index in [0.29, 0.717) is 6.04 Å². The SMILES string of the molecule is CC(O)N(C)N(C1CC1)N(C)N. The molecule has 1 atom stereocenters. The average molecular weight is 174 g/mol. The fourth-order valence-corrected chi connectivity index (χ4v) is 1.21. The molecule has 1 unspecified atom stereocenters. The maximum atomic E-state index is 9.32. The van der Waals surface area contributed by atoms with Gasteiger partial charge in [-0.25, -0.2) is 5.01 Å². The van der Waals surface area contributed by atoms with Crippen molar-refractivity contribution in [3.63, 3.8) is 0 Å². The molecule has 1 aliphatic carbocycles. The Morgan fingerprint density at radius 2 is 1.92 bits per heavy atom. The summed E-state index contributed by atoms with van der Waals surface area (Å²) in [6.07, 6.45) is 1.80. The van der Waals surface area contributed by atoms with Gasteiger partial charge in [0.05, 0.1) is 0 Å². The first-order valence-electron chi connectivity index (χ1n) is 4.22. The molecule has 0 aromatic carbocycles. The Kier molecular flexibility index (Phi) is 3.03. The van der Waals surface area contributed by atoms with Crippen LogP contribution in [0.4, 0.5) is 0 Å². The van der Waals surface area contributed by atoms with Gasteiger partial charge in [-0.2, -0.15) is 10.2 Å². The summed E-state index contributed by atoms with van der Waals surface area (Å²) >= 11 is 0. The van der Waals surface area contributed by atoms with Crippen LogP contribution >= 0.6 is 0 Å².